The van der Waals surface area contributed by atoms with Crippen molar-refractivity contribution in [1.29, 1.82) is 0 Å². The first-order chi connectivity index (χ1) is 11.4. The summed E-state index contributed by atoms with van der Waals surface area (Å²) >= 11 is 11.8. The lowest BCUT2D eigenvalue weighted by Crippen LogP contribution is -2.37. The van der Waals surface area contributed by atoms with Gasteiger partial charge in [0.15, 0.2) is 0 Å². The topological polar surface area (TPSA) is 77.9 Å². The first-order valence-corrected chi connectivity index (χ1v) is 8.04. The molecule has 0 spiro atoms. The van der Waals surface area contributed by atoms with E-state index < -0.39 is 5.97 Å². The average Bonchev–Trinajstić information content (AvgIpc) is 2.70. The van der Waals surface area contributed by atoms with Gasteiger partial charge in [-0.25, -0.2) is 0 Å². The Kier molecular flexibility index (Phi) is 6.23. The third kappa shape index (κ3) is 4.97. The van der Waals surface area contributed by atoms with E-state index in [2.05, 4.69) is 0 Å². The van der Waals surface area contributed by atoms with Gasteiger partial charge in [-0.15, -0.1) is 0 Å². The van der Waals surface area contributed by atoms with Crippen molar-refractivity contribution in [2.45, 2.75) is 6.42 Å². The lowest BCUT2D eigenvalue weighted by Gasteiger charge is -2.19. The highest BCUT2D eigenvalue weighted by Gasteiger charge is 2.24. The highest BCUT2D eigenvalue weighted by Crippen LogP contribution is 2.23. The van der Waals surface area contributed by atoms with Crippen LogP contribution in [0.15, 0.2) is 24.3 Å². The molecule has 1 aliphatic rings. The summed E-state index contributed by atoms with van der Waals surface area (Å²) in [7, 11) is 0. The fraction of sp³-hybridized carbons (Fsp3) is 0.312. The summed E-state index contributed by atoms with van der Waals surface area (Å²) in [4.78, 5) is 37.6. The Balaban J connectivity index is 1.99. The number of aliphatic carboxylic acids is 1. The van der Waals surface area contributed by atoms with E-state index in [1.54, 1.807) is 24.3 Å². The predicted octanol–water partition coefficient (Wildman–Crippen LogP) is 2.15. The summed E-state index contributed by atoms with van der Waals surface area (Å²) in [6.45, 7) is 0.417. The van der Waals surface area contributed by atoms with Crippen LogP contribution in [0.4, 0.5) is 0 Å². The van der Waals surface area contributed by atoms with Crippen LogP contribution in [0, 0.1) is 0 Å². The molecule has 1 N–H and O–H groups in total. The molecule has 1 aromatic rings. The van der Waals surface area contributed by atoms with Crippen molar-refractivity contribution in [2.75, 3.05) is 26.2 Å². The molecule has 1 fully saturated rings. The molecule has 2 rings (SSSR count). The zero-order valence-corrected chi connectivity index (χ0v) is 14.3. The smallest absolute Gasteiger partial charge is 0.323 e. The first-order valence-electron chi connectivity index (χ1n) is 7.28. The summed E-state index contributed by atoms with van der Waals surface area (Å²) in [5, 5.41) is 9.63. The molecule has 0 aliphatic carbocycles. The number of benzene rings is 1. The minimum absolute atomic E-state index is 0.111. The number of nitrogens with zero attached hydrogens (tertiary/aromatic N) is 2. The Morgan fingerprint density at radius 2 is 1.92 bits per heavy atom. The summed E-state index contributed by atoms with van der Waals surface area (Å²) in [6.07, 6.45) is 3.13. The fourth-order valence-corrected chi connectivity index (χ4v) is 2.61. The number of hydrogen-bond donors (Lipinski definition) is 1. The van der Waals surface area contributed by atoms with Gasteiger partial charge < -0.3 is 14.9 Å². The van der Waals surface area contributed by atoms with E-state index in [1.807, 2.05) is 0 Å². The minimum Gasteiger partial charge on any atom is -0.480 e. The Morgan fingerprint density at radius 3 is 2.58 bits per heavy atom. The number of hydrogen-bond acceptors (Lipinski definition) is 3. The molecule has 0 unspecified atom stereocenters. The molecule has 1 aliphatic heterocycles. The van der Waals surface area contributed by atoms with Gasteiger partial charge in [-0.05, 0) is 23.8 Å². The molecule has 0 radical (unpaired) electrons. The van der Waals surface area contributed by atoms with Gasteiger partial charge in [0, 0.05) is 32.1 Å². The molecule has 6 nitrogen and oxygen atoms in total. The SMILES string of the molecule is O=C(O)CN1CCN(C(=O)C=Cc2ccc(Cl)c(Cl)c2)CCC1=O. The van der Waals surface area contributed by atoms with Crippen LogP contribution in [-0.2, 0) is 14.4 Å². The molecular formula is C16H16Cl2N2O4. The van der Waals surface area contributed by atoms with Crippen molar-refractivity contribution in [1.82, 2.24) is 9.80 Å². The van der Waals surface area contributed by atoms with Crippen LogP contribution in [0.5, 0.6) is 0 Å². The van der Waals surface area contributed by atoms with Crippen molar-refractivity contribution in [3.63, 3.8) is 0 Å². The second kappa shape index (κ2) is 8.17. The predicted molar refractivity (Wildman–Crippen MR) is 90.9 cm³/mol. The number of amides is 2. The van der Waals surface area contributed by atoms with E-state index in [4.69, 9.17) is 28.3 Å². The number of halogens is 2. The number of carbonyl (C=O) groups excluding carboxylic acids is 2. The van der Waals surface area contributed by atoms with Crippen LogP contribution in [0.2, 0.25) is 10.0 Å². The zero-order valence-electron chi connectivity index (χ0n) is 12.7. The highest BCUT2D eigenvalue weighted by molar-refractivity contribution is 6.42. The van der Waals surface area contributed by atoms with Crippen LogP contribution >= 0.6 is 23.2 Å². The van der Waals surface area contributed by atoms with Gasteiger partial charge >= 0.3 is 5.97 Å². The third-order valence-electron chi connectivity index (χ3n) is 3.59. The Hall–Kier alpha value is -2.05. The number of carboxylic acid groups (broad SMARTS) is 1. The molecular weight excluding hydrogens is 355 g/mol. The van der Waals surface area contributed by atoms with Crippen molar-refractivity contribution < 1.29 is 19.5 Å². The average molecular weight is 371 g/mol. The zero-order chi connectivity index (χ0) is 17.7. The molecule has 128 valence electrons. The van der Waals surface area contributed by atoms with E-state index in [-0.39, 0.29) is 37.9 Å². The molecule has 0 bridgehead atoms. The second-order valence-corrected chi connectivity index (χ2v) is 6.11. The largest absolute Gasteiger partial charge is 0.480 e. The van der Waals surface area contributed by atoms with Gasteiger partial charge in [-0.2, -0.15) is 0 Å². The number of carbonyl (C=O) groups is 3. The fourth-order valence-electron chi connectivity index (χ4n) is 2.31. The lowest BCUT2D eigenvalue weighted by atomic mass is 10.2. The molecule has 0 aromatic heterocycles. The summed E-state index contributed by atoms with van der Waals surface area (Å²) in [5.74, 6) is -1.57. The van der Waals surface area contributed by atoms with Gasteiger partial charge in [0.2, 0.25) is 11.8 Å². The second-order valence-electron chi connectivity index (χ2n) is 5.29. The monoisotopic (exact) mass is 370 g/mol. The molecule has 1 aromatic carbocycles. The van der Waals surface area contributed by atoms with Crippen molar-refractivity contribution in [3.8, 4) is 0 Å². The van der Waals surface area contributed by atoms with E-state index >= 15 is 0 Å². The van der Waals surface area contributed by atoms with Crippen LogP contribution in [-0.4, -0.2) is 58.9 Å². The molecule has 0 atom stereocenters. The third-order valence-corrected chi connectivity index (χ3v) is 4.33. The van der Waals surface area contributed by atoms with E-state index in [9.17, 15) is 14.4 Å². The normalized spacial score (nSPS) is 15.7. The van der Waals surface area contributed by atoms with Crippen LogP contribution in [0.25, 0.3) is 6.08 Å². The van der Waals surface area contributed by atoms with Gasteiger partial charge in [0.05, 0.1) is 10.0 Å². The van der Waals surface area contributed by atoms with Gasteiger partial charge in [0.25, 0.3) is 0 Å². The highest BCUT2D eigenvalue weighted by atomic mass is 35.5. The first kappa shape index (κ1) is 18.3. The maximum absolute atomic E-state index is 12.2. The van der Waals surface area contributed by atoms with Crippen molar-refractivity contribution >= 4 is 47.1 Å². The van der Waals surface area contributed by atoms with Crippen LogP contribution in [0.3, 0.4) is 0 Å². The van der Waals surface area contributed by atoms with Gasteiger partial charge in [-0.1, -0.05) is 29.3 Å². The Bertz CT molecular complexity index is 691. The van der Waals surface area contributed by atoms with E-state index in [0.29, 0.717) is 16.6 Å². The molecule has 0 saturated carbocycles. The van der Waals surface area contributed by atoms with Crippen molar-refractivity contribution in [2.24, 2.45) is 0 Å². The van der Waals surface area contributed by atoms with E-state index in [0.717, 1.165) is 5.56 Å². The Labute approximate surface area is 149 Å². The van der Waals surface area contributed by atoms with Gasteiger partial charge in [-0.3, -0.25) is 14.4 Å². The molecule has 8 heteroatoms. The van der Waals surface area contributed by atoms with Crippen LogP contribution in [0.1, 0.15) is 12.0 Å². The maximum Gasteiger partial charge on any atom is 0.323 e. The maximum atomic E-state index is 12.2. The Morgan fingerprint density at radius 1 is 1.17 bits per heavy atom. The van der Waals surface area contributed by atoms with E-state index in [1.165, 1.54) is 15.9 Å². The summed E-state index contributed by atoms with van der Waals surface area (Å²) in [5.41, 5.74) is 0.733. The molecule has 1 saturated heterocycles. The summed E-state index contributed by atoms with van der Waals surface area (Å²) < 4.78 is 0. The number of rotatable bonds is 4. The molecule has 1 heterocycles. The van der Waals surface area contributed by atoms with Crippen LogP contribution < -0.4 is 0 Å². The lowest BCUT2D eigenvalue weighted by molar-refractivity contribution is -0.144. The molecule has 24 heavy (non-hydrogen) atoms. The quantitative estimate of drug-likeness (QED) is 0.823. The van der Waals surface area contributed by atoms with Crippen molar-refractivity contribution in [3.05, 3.63) is 39.9 Å². The summed E-state index contributed by atoms with van der Waals surface area (Å²) in [6, 6.07) is 5.02. The number of carboxylic acids is 1. The standard InChI is InChI=1S/C16H16Cl2N2O4/c17-12-3-1-11(9-13(12)18)2-4-14(21)19-6-5-15(22)20(8-7-19)10-16(23)24/h1-4,9H,5-8,10H2,(H,23,24). The molecule has 2 amide bonds. The minimum atomic E-state index is -1.07. The van der Waals surface area contributed by atoms with Gasteiger partial charge in [0.1, 0.15) is 6.54 Å².